The van der Waals surface area contributed by atoms with Gasteiger partial charge in [-0.3, -0.25) is 19.0 Å². The Balaban J connectivity index is 1.75. The first-order valence-electron chi connectivity index (χ1n) is 10.0. The van der Waals surface area contributed by atoms with E-state index in [0.717, 1.165) is 10.6 Å². The third-order valence-corrected chi connectivity index (χ3v) is 6.97. The minimum absolute atomic E-state index is 0.0372. The lowest BCUT2D eigenvalue weighted by molar-refractivity contribution is -0.144. The van der Waals surface area contributed by atoms with E-state index >= 15 is 0 Å². The van der Waals surface area contributed by atoms with Crippen LogP contribution in [0.15, 0.2) is 50.3 Å². The van der Waals surface area contributed by atoms with Crippen molar-refractivity contribution in [3.8, 4) is 10.6 Å². The summed E-state index contributed by atoms with van der Waals surface area (Å²) >= 11 is 6.21. The first-order valence-corrected chi connectivity index (χ1v) is 12.7. The van der Waals surface area contributed by atoms with E-state index in [-0.39, 0.29) is 35.4 Å². The number of thioether (sulfide) groups is 1. The van der Waals surface area contributed by atoms with Crippen molar-refractivity contribution in [2.75, 3.05) is 12.4 Å². The normalized spacial score (nSPS) is 10.8. The van der Waals surface area contributed by atoms with Crippen LogP contribution in [0.5, 0.6) is 0 Å². The second-order valence-electron chi connectivity index (χ2n) is 6.62. The summed E-state index contributed by atoms with van der Waals surface area (Å²) in [6, 6.07) is 7.34. The van der Waals surface area contributed by atoms with Crippen LogP contribution >= 0.6 is 39.0 Å². The Morgan fingerprint density at radius 3 is 2.59 bits per heavy atom. The van der Waals surface area contributed by atoms with E-state index in [0.29, 0.717) is 28.6 Å². The second kappa shape index (κ2) is 11.5. The molecule has 2 aromatic heterocycles. The molecular formula is C22H22BrN3O4S2. The monoisotopic (exact) mass is 535 g/mol. The lowest BCUT2D eigenvalue weighted by Gasteiger charge is -2.13. The van der Waals surface area contributed by atoms with Gasteiger partial charge in [0.05, 0.1) is 12.3 Å². The molecular weight excluding hydrogens is 514 g/mol. The molecule has 0 saturated carbocycles. The minimum Gasteiger partial charge on any atom is -0.465 e. The molecule has 3 rings (SSSR count). The van der Waals surface area contributed by atoms with Crippen LogP contribution in [0.2, 0.25) is 0 Å². The molecule has 0 aliphatic carbocycles. The highest BCUT2D eigenvalue weighted by molar-refractivity contribution is 9.10. The molecule has 0 aliphatic heterocycles. The van der Waals surface area contributed by atoms with Gasteiger partial charge in [-0.05, 0) is 35.0 Å². The number of halogens is 1. The highest BCUT2D eigenvalue weighted by Gasteiger charge is 2.18. The second-order valence-corrected chi connectivity index (χ2v) is 9.54. The fourth-order valence-corrected chi connectivity index (χ4v) is 4.86. The van der Waals surface area contributed by atoms with Crippen LogP contribution < -0.4 is 5.56 Å². The third kappa shape index (κ3) is 5.93. The van der Waals surface area contributed by atoms with Crippen molar-refractivity contribution >= 4 is 50.8 Å². The lowest BCUT2D eigenvalue weighted by Crippen LogP contribution is -2.29. The number of thiazole rings is 1. The number of aromatic nitrogens is 3. The Bertz CT molecular complexity index is 1150. The number of ether oxygens (including phenoxy) is 1. The van der Waals surface area contributed by atoms with Crippen molar-refractivity contribution in [2.24, 2.45) is 0 Å². The molecule has 0 spiro atoms. The van der Waals surface area contributed by atoms with Gasteiger partial charge in [0.2, 0.25) is 0 Å². The number of benzene rings is 1. The molecule has 0 bridgehead atoms. The number of hydrogen-bond donors (Lipinski definition) is 0. The first kappa shape index (κ1) is 24.3. The topological polar surface area (TPSA) is 91.2 Å². The quantitative estimate of drug-likeness (QED) is 0.162. The Hall–Kier alpha value is -2.30. The standard InChI is InChI=1S/C22H22BrN3O4S2/c1-3-30-18(28)13-26-21(29)19(23)16(25-22(26)31-4-2)9-10-17(27)14-5-7-15(8-6-14)20-24-11-12-32-20/h5-8,11-12H,3-4,9-10,13H2,1-2H3. The van der Waals surface area contributed by atoms with Crippen LogP contribution in [0.25, 0.3) is 10.6 Å². The summed E-state index contributed by atoms with van der Waals surface area (Å²) in [5.41, 5.74) is 1.70. The fraction of sp³-hybridized carbons (Fsp3) is 0.318. The van der Waals surface area contributed by atoms with Gasteiger partial charge >= 0.3 is 5.97 Å². The van der Waals surface area contributed by atoms with Gasteiger partial charge in [0.15, 0.2) is 10.9 Å². The number of carbonyl (C=O) groups is 2. The molecule has 1 aromatic carbocycles. The maximum absolute atomic E-state index is 12.9. The Kier molecular flexibility index (Phi) is 8.77. The number of carbonyl (C=O) groups excluding carboxylic acids is 2. The summed E-state index contributed by atoms with van der Waals surface area (Å²) in [5, 5.41) is 3.25. The van der Waals surface area contributed by atoms with E-state index in [2.05, 4.69) is 25.9 Å². The van der Waals surface area contributed by atoms with Gasteiger partial charge in [-0.2, -0.15) is 0 Å². The Labute approximate surface area is 202 Å². The smallest absolute Gasteiger partial charge is 0.326 e. The molecule has 10 heteroatoms. The van der Waals surface area contributed by atoms with Crippen LogP contribution in [0, 0.1) is 0 Å². The van der Waals surface area contributed by atoms with Crippen molar-refractivity contribution in [2.45, 2.75) is 38.4 Å². The maximum Gasteiger partial charge on any atom is 0.326 e. The van der Waals surface area contributed by atoms with Crippen molar-refractivity contribution in [1.82, 2.24) is 14.5 Å². The van der Waals surface area contributed by atoms with E-state index in [4.69, 9.17) is 4.74 Å². The van der Waals surface area contributed by atoms with Crippen LogP contribution in [-0.4, -0.2) is 38.6 Å². The predicted molar refractivity (Wildman–Crippen MR) is 129 cm³/mol. The molecule has 7 nitrogen and oxygen atoms in total. The van der Waals surface area contributed by atoms with E-state index in [1.807, 2.05) is 24.4 Å². The van der Waals surface area contributed by atoms with E-state index < -0.39 is 5.97 Å². The average Bonchev–Trinajstić information content (AvgIpc) is 3.33. The summed E-state index contributed by atoms with van der Waals surface area (Å²) in [6.45, 7) is 3.68. The molecule has 0 saturated heterocycles. The molecule has 0 atom stereocenters. The van der Waals surface area contributed by atoms with Crippen LogP contribution in [-0.2, 0) is 22.5 Å². The molecule has 3 aromatic rings. The van der Waals surface area contributed by atoms with Gasteiger partial charge in [-0.25, -0.2) is 9.97 Å². The predicted octanol–water partition coefficient (Wildman–Crippen LogP) is 4.62. The van der Waals surface area contributed by atoms with Gasteiger partial charge in [0.25, 0.3) is 5.56 Å². The highest BCUT2D eigenvalue weighted by Crippen LogP contribution is 2.23. The SMILES string of the molecule is CCOC(=O)Cn1c(SCC)nc(CCC(=O)c2ccc(-c3nccs3)cc2)c(Br)c1=O. The van der Waals surface area contributed by atoms with Gasteiger partial charge < -0.3 is 4.74 Å². The van der Waals surface area contributed by atoms with Crippen molar-refractivity contribution in [3.63, 3.8) is 0 Å². The van der Waals surface area contributed by atoms with E-state index in [9.17, 15) is 14.4 Å². The number of hydrogen-bond acceptors (Lipinski definition) is 8. The largest absolute Gasteiger partial charge is 0.465 e. The molecule has 0 radical (unpaired) electrons. The van der Waals surface area contributed by atoms with Gasteiger partial charge in [0, 0.05) is 29.1 Å². The maximum atomic E-state index is 12.9. The summed E-state index contributed by atoms with van der Waals surface area (Å²) in [4.78, 5) is 46.3. The molecule has 0 fully saturated rings. The number of rotatable bonds is 10. The Morgan fingerprint density at radius 1 is 1.22 bits per heavy atom. The molecule has 0 amide bonds. The number of Topliss-reactive ketones (excluding diaryl/α,β-unsaturated/α-hetero) is 1. The van der Waals surface area contributed by atoms with Crippen LogP contribution in [0.3, 0.4) is 0 Å². The Morgan fingerprint density at radius 2 is 1.97 bits per heavy atom. The molecule has 2 heterocycles. The van der Waals surface area contributed by atoms with Gasteiger partial charge in [0.1, 0.15) is 16.0 Å². The average molecular weight is 536 g/mol. The van der Waals surface area contributed by atoms with Crippen molar-refractivity contribution in [3.05, 3.63) is 61.9 Å². The van der Waals surface area contributed by atoms with Crippen molar-refractivity contribution < 1.29 is 14.3 Å². The van der Waals surface area contributed by atoms with Crippen molar-refractivity contribution in [1.29, 1.82) is 0 Å². The molecule has 0 aliphatic rings. The third-order valence-electron chi connectivity index (χ3n) is 4.49. The summed E-state index contributed by atoms with van der Waals surface area (Å²) in [5.74, 6) is 0.149. The number of nitrogens with zero attached hydrogens (tertiary/aromatic N) is 3. The zero-order valence-corrected chi connectivity index (χ0v) is 20.9. The molecule has 168 valence electrons. The van der Waals surface area contributed by atoms with Gasteiger partial charge in [-0.15, -0.1) is 11.3 Å². The number of aryl methyl sites for hydroxylation is 1. The first-order chi connectivity index (χ1) is 15.4. The number of esters is 1. The van der Waals surface area contributed by atoms with E-state index in [1.165, 1.54) is 16.3 Å². The van der Waals surface area contributed by atoms with Crippen LogP contribution in [0.1, 0.15) is 36.3 Å². The molecule has 32 heavy (non-hydrogen) atoms. The summed E-state index contributed by atoms with van der Waals surface area (Å²) in [6.07, 6.45) is 2.26. The summed E-state index contributed by atoms with van der Waals surface area (Å²) < 4.78 is 6.53. The molecule has 0 unspecified atom stereocenters. The molecule has 0 N–H and O–H groups in total. The zero-order valence-electron chi connectivity index (χ0n) is 17.7. The van der Waals surface area contributed by atoms with Gasteiger partial charge in [-0.1, -0.05) is 43.0 Å². The number of ketones is 1. The minimum atomic E-state index is -0.495. The lowest BCUT2D eigenvalue weighted by atomic mass is 10.0. The van der Waals surface area contributed by atoms with Crippen LogP contribution in [0.4, 0.5) is 0 Å². The summed E-state index contributed by atoms with van der Waals surface area (Å²) in [7, 11) is 0. The zero-order chi connectivity index (χ0) is 23.1. The fourth-order valence-electron chi connectivity index (χ4n) is 2.97. The van der Waals surface area contributed by atoms with E-state index in [1.54, 1.807) is 36.6 Å². The highest BCUT2D eigenvalue weighted by atomic mass is 79.9.